The Bertz CT molecular complexity index is 1220. The summed E-state index contributed by atoms with van der Waals surface area (Å²) < 4.78 is 32.8. The largest absolute Gasteiger partial charge is 0.492 e. The number of hydrogen-bond donors (Lipinski definition) is 1. The molecule has 0 aliphatic carbocycles. The number of benzene rings is 3. The van der Waals surface area contributed by atoms with Crippen LogP contribution in [0.1, 0.15) is 0 Å². The van der Waals surface area contributed by atoms with Crippen molar-refractivity contribution in [2.45, 2.75) is 4.90 Å². The van der Waals surface area contributed by atoms with Gasteiger partial charge in [-0.25, -0.2) is 8.42 Å². The Labute approximate surface area is 195 Å². The maximum atomic E-state index is 13.2. The van der Waals surface area contributed by atoms with Gasteiger partial charge in [0.1, 0.15) is 18.9 Å². The molecule has 0 unspecified atom stereocenters. The molecule has 3 rings (SSSR count). The van der Waals surface area contributed by atoms with Crippen molar-refractivity contribution < 1.29 is 22.9 Å². The Morgan fingerprint density at radius 2 is 1.73 bits per heavy atom. The third-order valence-electron chi connectivity index (χ3n) is 4.45. The van der Waals surface area contributed by atoms with Crippen LogP contribution >= 0.6 is 11.6 Å². The molecule has 0 atom stereocenters. The lowest BCUT2D eigenvalue weighted by Crippen LogP contribution is -2.41. The van der Waals surface area contributed by atoms with E-state index in [2.05, 4.69) is 5.32 Å². The molecule has 33 heavy (non-hydrogen) atoms. The van der Waals surface area contributed by atoms with Crippen LogP contribution in [0.4, 0.5) is 11.4 Å². The Hall–Kier alpha value is -3.63. The number of nitro groups is 1. The van der Waals surface area contributed by atoms with Crippen LogP contribution in [0.15, 0.2) is 83.8 Å². The molecule has 0 saturated heterocycles. The minimum atomic E-state index is -4.16. The lowest BCUT2D eigenvalue weighted by molar-refractivity contribution is -0.384. The molecule has 3 aromatic carbocycles. The predicted molar refractivity (Wildman–Crippen MR) is 124 cm³/mol. The average molecular weight is 490 g/mol. The highest BCUT2D eigenvalue weighted by Gasteiger charge is 2.28. The number of hydrogen-bond acceptors (Lipinski definition) is 6. The Balaban J connectivity index is 1.74. The monoisotopic (exact) mass is 489 g/mol. The van der Waals surface area contributed by atoms with Crippen molar-refractivity contribution in [1.29, 1.82) is 0 Å². The molecule has 172 valence electrons. The molecule has 0 fully saturated rings. The molecule has 0 aliphatic heterocycles. The lowest BCUT2D eigenvalue weighted by Gasteiger charge is -2.24. The van der Waals surface area contributed by atoms with Gasteiger partial charge in [-0.15, -0.1) is 0 Å². The Kier molecular flexibility index (Phi) is 7.86. The van der Waals surface area contributed by atoms with Crippen molar-refractivity contribution in [3.05, 3.63) is 94.0 Å². The minimum Gasteiger partial charge on any atom is -0.492 e. The fourth-order valence-electron chi connectivity index (χ4n) is 2.87. The van der Waals surface area contributed by atoms with Gasteiger partial charge in [0.05, 0.1) is 22.1 Å². The van der Waals surface area contributed by atoms with Gasteiger partial charge < -0.3 is 10.1 Å². The van der Waals surface area contributed by atoms with Gasteiger partial charge in [0.15, 0.2) is 0 Å². The molecular formula is C22H20ClN3O6S. The number of nitro benzene ring substituents is 1. The predicted octanol–water partition coefficient (Wildman–Crippen LogP) is 3.64. The second kappa shape index (κ2) is 10.8. The summed E-state index contributed by atoms with van der Waals surface area (Å²) in [5, 5.41) is 14.3. The number of nitrogens with one attached hydrogen (secondary N) is 1. The number of halogens is 1. The molecule has 0 spiro atoms. The number of rotatable bonds is 10. The van der Waals surface area contributed by atoms with Crippen molar-refractivity contribution in [1.82, 2.24) is 5.32 Å². The zero-order chi connectivity index (χ0) is 23.8. The molecule has 1 N–H and O–H groups in total. The summed E-state index contributed by atoms with van der Waals surface area (Å²) in [7, 11) is -4.16. The van der Waals surface area contributed by atoms with Crippen LogP contribution in [-0.2, 0) is 14.8 Å². The summed E-state index contributed by atoms with van der Waals surface area (Å²) in [6.45, 7) is -0.301. The highest BCUT2D eigenvalue weighted by atomic mass is 35.5. The van der Waals surface area contributed by atoms with Crippen molar-refractivity contribution in [2.24, 2.45) is 0 Å². The van der Waals surface area contributed by atoms with Gasteiger partial charge >= 0.3 is 0 Å². The maximum absolute atomic E-state index is 13.2. The highest BCUT2D eigenvalue weighted by molar-refractivity contribution is 7.92. The van der Waals surface area contributed by atoms with Crippen molar-refractivity contribution in [3.8, 4) is 5.75 Å². The Morgan fingerprint density at radius 3 is 2.39 bits per heavy atom. The van der Waals surface area contributed by atoms with Gasteiger partial charge in [0.2, 0.25) is 5.91 Å². The first-order chi connectivity index (χ1) is 15.8. The lowest BCUT2D eigenvalue weighted by atomic mass is 10.3. The summed E-state index contributed by atoms with van der Waals surface area (Å²) in [5.74, 6) is -0.0285. The fraction of sp³-hybridized carbons (Fsp3) is 0.136. The molecule has 0 saturated carbocycles. The van der Waals surface area contributed by atoms with E-state index in [0.717, 1.165) is 10.4 Å². The van der Waals surface area contributed by atoms with Crippen LogP contribution in [0.25, 0.3) is 0 Å². The van der Waals surface area contributed by atoms with Crippen LogP contribution in [0.2, 0.25) is 5.02 Å². The quantitative estimate of drug-likeness (QED) is 0.264. The van der Waals surface area contributed by atoms with Crippen LogP contribution in [0, 0.1) is 10.1 Å². The molecule has 0 radical (unpaired) electrons. The van der Waals surface area contributed by atoms with Gasteiger partial charge in [-0.1, -0.05) is 35.9 Å². The summed E-state index contributed by atoms with van der Waals surface area (Å²) in [6.07, 6.45) is 0. The number of nitrogens with zero attached hydrogens (tertiary/aromatic N) is 2. The standard InChI is InChI=1S/C22H20ClN3O6S/c23-17-9-11-20(12-10-17)32-14-13-24-22(27)16-25(18-5-4-6-19(15-18)26(28)29)33(30,31)21-7-2-1-3-8-21/h1-12,15H,13-14,16H2,(H,24,27). The molecule has 3 aromatic rings. The number of carbonyl (C=O) groups is 1. The fourth-order valence-corrected chi connectivity index (χ4v) is 4.43. The van der Waals surface area contributed by atoms with Gasteiger partial charge in [0.25, 0.3) is 15.7 Å². The smallest absolute Gasteiger partial charge is 0.271 e. The molecule has 1 amide bonds. The van der Waals surface area contributed by atoms with Gasteiger partial charge in [-0.2, -0.15) is 0 Å². The molecule has 0 bridgehead atoms. The number of carbonyl (C=O) groups excluding carboxylic acids is 1. The second-order valence-corrected chi connectivity index (χ2v) is 9.05. The summed E-state index contributed by atoms with van der Waals surface area (Å²) in [5.41, 5.74) is -0.293. The van der Waals surface area contributed by atoms with Crippen molar-refractivity contribution >= 4 is 38.9 Å². The van der Waals surface area contributed by atoms with Crippen LogP contribution in [-0.4, -0.2) is 38.9 Å². The van der Waals surface area contributed by atoms with Crippen LogP contribution < -0.4 is 14.4 Å². The molecule has 11 heteroatoms. The normalized spacial score (nSPS) is 10.9. The third-order valence-corrected chi connectivity index (χ3v) is 6.49. The first-order valence-electron chi connectivity index (χ1n) is 9.75. The number of non-ortho nitro benzene ring substituents is 1. The number of anilines is 1. The van der Waals surface area contributed by atoms with E-state index in [4.69, 9.17) is 16.3 Å². The van der Waals surface area contributed by atoms with E-state index in [1.165, 1.54) is 30.3 Å². The van der Waals surface area contributed by atoms with Crippen LogP contribution in [0.5, 0.6) is 5.75 Å². The topological polar surface area (TPSA) is 119 Å². The zero-order valence-electron chi connectivity index (χ0n) is 17.3. The third kappa shape index (κ3) is 6.43. The Morgan fingerprint density at radius 1 is 1.03 bits per heavy atom. The van der Waals surface area contributed by atoms with Gasteiger partial charge in [0, 0.05) is 17.2 Å². The first-order valence-corrected chi connectivity index (χ1v) is 11.6. The van der Waals surface area contributed by atoms with E-state index in [1.807, 2.05) is 0 Å². The maximum Gasteiger partial charge on any atom is 0.271 e. The zero-order valence-corrected chi connectivity index (χ0v) is 18.8. The SMILES string of the molecule is O=C(CN(c1cccc([N+](=O)[O-])c1)S(=O)(=O)c1ccccc1)NCCOc1ccc(Cl)cc1. The van der Waals surface area contributed by atoms with E-state index in [0.29, 0.717) is 10.8 Å². The number of ether oxygens (including phenoxy) is 1. The van der Waals surface area contributed by atoms with Gasteiger partial charge in [-0.3, -0.25) is 19.2 Å². The minimum absolute atomic E-state index is 0.000572. The highest BCUT2D eigenvalue weighted by Crippen LogP contribution is 2.26. The van der Waals surface area contributed by atoms with E-state index in [-0.39, 0.29) is 29.4 Å². The average Bonchev–Trinajstić information content (AvgIpc) is 2.82. The molecule has 0 aromatic heterocycles. The van der Waals surface area contributed by atoms with E-state index < -0.39 is 27.4 Å². The number of sulfonamides is 1. The van der Waals surface area contributed by atoms with Crippen LogP contribution in [0.3, 0.4) is 0 Å². The van der Waals surface area contributed by atoms with Crippen molar-refractivity contribution in [3.63, 3.8) is 0 Å². The number of amides is 1. The summed E-state index contributed by atoms with van der Waals surface area (Å²) >= 11 is 5.82. The van der Waals surface area contributed by atoms with Gasteiger partial charge in [-0.05, 0) is 42.5 Å². The van der Waals surface area contributed by atoms with E-state index in [9.17, 15) is 23.3 Å². The molecule has 0 heterocycles. The van der Waals surface area contributed by atoms with E-state index in [1.54, 1.807) is 42.5 Å². The molecule has 9 nitrogen and oxygen atoms in total. The molecular weight excluding hydrogens is 470 g/mol. The summed E-state index contributed by atoms with van der Waals surface area (Å²) in [6, 6.07) is 19.3. The summed E-state index contributed by atoms with van der Waals surface area (Å²) in [4.78, 5) is 23.0. The first kappa shape index (κ1) is 24.0. The van der Waals surface area contributed by atoms with E-state index >= 15 is 0 Å². The second-order valence-electron chi connectivity index (χ2n) is 6.75. The van der Waals surface area contributed by atoms with Crippen molar-refractivity contribution in [2.75, 3.05) is 24.0 Å². The molecule has 0 aliphatic rings.